The minimum atomic E-state index is -1.14. The quantitative estimate of drug-likeness (QED) is 0.320. The Labute approximate surface area is 198 Å². The van der Waals surface area contributed by atoms with Crippen LogP contribution < -0.4 is 5.43 Å². The third kappa shape index (κ3) is 4.12. The Balaban J connectivity index is 1.66. The molecule has 0 fully saturated rings. The number of halogens is 3. The molecule has 176 valence electrons. The highest BCUT2D eigenvalue weighted by atomic mass is 19.2. The first kappa shape index (κ1) is 22.6. The minimum Gasteiger partial charge on any atom is -0.342 e. The predicted molar refractivity (Wildman–Crippen MR) is 125 cm³/mol. The summed E-state index contributed by atoms with van der Waals surface area (Å²) in [5.41, 5.74) is 0.719. The molecule has 0 aliphatic rings. The largest absolute Gasteiger partial charge is 0.342 e. The summed E-state index contributed by atoms with van der Waals surface area (Å²) >= 11 is 0. The Morgan fingerprint density at radius 1 is 0.943 bits per heavy atom. The van der Waals surface area contributed by atoms with Crippen molar-refractivity contribution in [1.82, 2.24) is 14.7 Å². The number of benzene rings is 3. The SMILES string of the molecule is CC(C)(c1ccccc1)c1nc(-c2cn(Cc3ccc(F)cc3)c3cc(F)c(F)cc3c2=O)no1. The van der Waals surface area contributed by atoms with Crippen molar-refractivity contribution in [1.29, 1.82) is 0 Å². The Hall–Kier alpha value is -4.20. The zero-order valence-corrected chi connectivity index (χ0v) is 18.9. The summed E-state index contributed by atoms with van der Waals surface area (Å²) < 4.78 is 48.7. The lowest BCUT2D eigenvalue weighted by Gasteiger charge is -2.20. The van der Waals surface area contributed by atoms with Crippen LogP contribution in [-0.2, 0) is 12.0 Å². The Bertz CT molecular complexity index is 1590. The molecule has 5 rings (SSSR count). The third-order valence-corrected chi connectivity index (χ3v) is 6.09. The van der Waals surface area contributed by atoms with E-state index in [1.165, 1.54) is 18.3 Å². The Morgan fingerprint density at radius 3 is 2.34 bits per heavy atom. The Morgan fingerprint density at radius 2 is 1.63 bits per heavy atom. The molecule has 35 heavy (non-hydrogen) atoms. The van der Waals surface area contributed by atoms with E-state index in [0.717, 1.165) is 17.7 Å². The first-order chi connectivity index (χ1) is 16.7. The first-order valence-electron chi connectivity index (χ1n) is 10.9. The highest BCUT2D eigenvalue weighted by molar-refractivity contribution is 5.83. The molecule has 2 heterocycles. The molecule has 0 unspecified atom stereocenters. The average molecular weight is 475 g/mol. The molecule has 5 aromatic rings. The third-order valence-electron chi connectivity index (χ3n) is 6.09. The van der Waals surface area contributed by atoms with Crippen molar-refractivity contribution >= 4 is 10.9 Å². The van der Waals surface area contributed by atoms with E-state index in [-0.39, 0.29) is 28.8 Å². The lowest BCUT2D eigenvalue weighted by atomic mass is 9.84. The molecule has 0 N–H and O–H groups in total. The normalized spacial score (nSPS) is 11.8. The molecular formula is C27H20F3N3O2. The van der Waals surface area contributed by atoms with Gasteiger partial charge in [0.2, 0.25) is 17.1 Å². The number of fused-ring (bicyclic) bond motifs is 1. The molecule has 0 saturated carbocycles. The van der Waals surface area contributed by atoms with Crippen molar-refractivity contribution in [3.8, 4) is 11.4 Å². The van der Waals surface area contributed by atoms with Gasteiger partial charge in [0.05, 0.1) is 16.5 Å². The number of nitrogens with zero attached hydrogens (tertiary/aromatic N) is 3. The monoisotopic (exact) mass is 475 g/mol. The molecule has 0 radical (unpaired) electrons. The van der Waals surface area contributed by atoms with Gasteiger partial charge in [-0.15, -0.1) is 0 Å². The van der Waals surface area contributed by atoms with E-state index >= 15 is 0 Å². The van der Waals surface area contributed by atoms with Gasteiger partial charge in [-0.2, -0.15) is 4.98 Å². The van der Waals surface area contributed by atoms with Crippen molar-refractivity contribution in [3.63, 3.8) is 0 Å². The van der Waals surface area contributed by atoms with Crippen molar-refractivity contribution in [3.05, 3.63) is 118 Å². The van der Waals surface area contributed by atoms with E-state index in [1.54, 1.807) is 16.7 Å². The fraction of sp³-hybridized carbons (Fsp3) is 0.148. The van der Waals surface area contributed by atoms with Crippen LogP contribution in [0.1, 0.15) is 30.9 Å². The molecule has 5 nitrogen and oxygen atoms in total. The lowest BCUT2D eigenvalue weighted by Crippen LogP contribution is -2.19. The van der Waals surface area contributed by atoms with Gasteiger partial charge in [-0.3, -0.25) is 4.79 Å². The second-order valence-electron chi connectivity index (χ2n) is 8.82. The summed E-state index contributed by atoms with van der Waals surface area (Å²) in [6, 6.07) is 17.2. The van der Waals surface area contributed by atoms with Crippen LogP contribution in [0, 0.1) is 17.5 Å². The maximum absolute atomic E-state index is 14.1. The zero-order chi connectivity index (χ0) is 24.7. The van der Waals surface area contributed by atoms with E-state index in [2.05, 4.69) is 10.1 Å². The highest BCUT2D eigenvalue weighted by Gasteiger charge is 2.30. The van der Waals surface area contributed by atoms with Crippen molar-refractivity contribution in [2.75, 3.05) is 0 Å². The predicted octanol–water partition coefficient (Wildman–Crippen LogP) is 5.84. The fourth-order valence-corrected chi connectivity index (χ4v) is 4.03. The summed E-state index contributed by atoms with van der Waals surface area (Å²) in [6.07, 6.45) is 1.48. The molecule has 0 aliphatic heterocycles. The second kappa shape index (κ2) is 8.54. The van der Waals surface area contributed by atoms with E-state index in [4.69, 9.17) is 4.52 Å². The van der Waals surface area contributed by atoms with E-state index < -0.39 is 28.3 Å². The molecule has 3 aromatic carbocycles. The van der Waals surface area contributed by atoms with Gasteiger partial charge < -0.3 is 9.09 Å². The van der Waals surface area contributed by atoms with Gasteiger partial charge in [0.25, 0.3) is 0 Å². The summed E-state index contributed by atoms with van der Waals surface area (Å²) in [5, 5.41) is 4.00. The molecule has 0 bridgehead atoms. The molecule has 0 saturated heterocycles. The smallest absolute Gasteiger partial charge is 0.237 e. The summed E-state index contributed by atoms with van der Waals surface area (Å²) in [7, 11) is 0. The van der Waals surface area contributed by atoms with Crippen LogP contribution in [0.3, 0.4) is 0 Å². The number of hydrogen-bond donors (Lipinski definition) is 0. The maximum Gasteiger partial charge on any atom is 0.237 e. The van der Waals surface area contributed by atoms with Crippen molar-refractivity contribution in [2.24, 2.45) is 0 Å². The first-order valence-corrected chi connectivity index (χ1v) is 10.9. The second-order valence-corrected chi connectivity index (χ2v) is 8.82. The van der Waals surface area contributed by atoms with E-state index in [1.807, 2.05) is 44.2 Å². The van der Waals surface area contributed by atoms with Crippen LogP contribution in [0.25, 0.3) is 22.3 Å². The summed E-state index contributed by atoms with van der Waals surface area (Å²) in [5.74, 6) is -2.28. The molecule has 0 atom stereocenters. The molecule has 8 heteroatoms. The van der Waals surface area contributed by atoms with Crippen LogP contribution in [0.2, 0.25) is 0 Å². The van der Waals surface area contributed by atoms with Crippen LogP contribution in [0.4, 0.5) is 13.2 Å². The molecule has 2 aromatic heterocycles. The molecular weight excluding hydrogens is 455 g/mol. The lowest BCUT2D eigenvalue weighted by molar-refractivity contribution is 0.333. The van der Waals surface area contributed by atoms with E-state index in [9.17, 15) is 18.0 Å². The summed E-state index contributed by atoms with van der Waals surface area (Å²) in [4.78, 5) is 17.8. The van der Waals surface area contributed by atoms with E-state index in [0.29, 0.717) is 11.5 Å². The highest BCUT2D eigenvalue weighted by Crippen LogP contribution is 2.31. The molecule has 0 spiro atoms. The maximum atomic E-state index is 14.1. The average Bonchev–Trinajstić information content (AvgIpc) is 3.35. The topological polar surface area (TPSA) is 60.9 Å². The number of aromatic nitrogens is 3. The Kier molecular flexibility index (Phi) is 5.51. The van der Waals surface area contributed by atoms with Gasteiger partial charge in [-0.05, 0) is 43.2 Å². The number of hydrogen-bond acceptors (Lipinski definition) is 4. The van der Waals surface area contributed by atoms with Gasteiger partial charge in [-0.1, -0.05) is 47.6 Å². The standard InChI is InChI=1S/C27H20F3N3O2/c1-27(2,17-6-4-3-5-7-17)26-31-25(32-35-26)20-15-33(14-16-8-10-18(28)11-9-16)23-13-22(30)21(29)12-19(23)24(20)34/h3-13,15H,14H2,1-2H3. The van der Waals surface area contributed by atoms with Crippen molar-refractivity contribution < 1.29 is 17.7 Å². The van der Waals surface area contributed by atoms with Gasteiger partial charge in [0, 0.05) is 24.2 Å². The number of pyridine rings is 1. The van der Waals surface area contributed by atoms with Crippen LogP contribution in [-0.4, -0.2) is 14.7 Å². The van der Waals surface area contributed by atoms with Crippen LogP contribution in [0.15, 0.2) is 82.2 Å². The fourth-order valence-electron chi connectivity index (χ4n) is 4.03. The van der Waals surface area contributed by atoms with Crippen LogP contribution in [0.5, 0.6) is 0 Å². The molecule has 0 aliphatic carbocycles. The number of rotatable bonds is 5. The van der Waals surface area contributed by atoms with Crippen molar-refractivity contribution in [2.45, 2.75) is 25.8 Å². The van der Waals surface area contributed by atoms with Gasteiger partial charge in [0.1, 0.15) is 5.82 Å². The van der Waals surface area contributed by atoms with Gasteiger partial charge in [0.15, 0.2) is 11.6 Å². The van der Waals surface area contributed by atoms with Crippen LogP contribution >= 0.6 is 0 Å². The van der Waals surface area contributed by atoms with Gasteiger partial charge >= 0.3 is 0 Å². The minimum absolute atomic E-state index is 0.0304. The van der Waals surface area contributed by atoms with Gasteiger partial charge in [-0.25, -0.2) is 13.2 Å². The zero-order valence-electron chi connectivity index (χ0n) is 18.9. The molecule has 0 amide bonds. The summed E-state index contributed by atoms with van der Waals surface area (Å²) in [6.45, 7) is 4.02.